The van der Waals surface area contributed by atoms with Crippen molar-refractivity contribution < 1.29 is 13.9 Å². The number of aromatic nitrogens is 2. The molecule has 6 nitrogen and oxygen atoms in total. The maximum Gasteiger partial charge on any atom is 0.161 e. The van der Waals surface area contributed by atoms with Crippen LogP contribution in [0.5, 0.6) is 5.75 Å². The van der Waals surface area contributed by atoms with Crippen LogP contribution in [0.15, 0.2) is 167 Å². The molecule has 10 aromatic rings. The Labute approximate surface area is 349 Å². The molecule has 0 atom stereocenters. The summed E-state index contributed by atoms with van der Waals surface area (Å²) in [5.41, 5.74) is 11.0. The van der Waals surface area contributed by atoms with Gasteiger partial charge in [0, 0.05) is 55.7 Å². The molecule has 0 aliphatic carbocycles. The fourth-order valence-electron chi connectivity index (χ4n) is 8.41. The molecule has 0 bridgehead atoms. The molecule has 0 saturated heterocycles. The first kappa shape index (κ1) is 37.1. The highest BCUT2D eigenvalue weighted by molar-refractivity contribution is 6.14. The smallest absolute Gasteiger partial charge is 0.161 e. The Kier molecular flexibility index (Phi) is 8.65. The largest absolute Gasteiger partial charge is 0.507 e. The number of para-hydroxylation sites is 3. The second-order valence-electron chi connectivity index (χ2n) is 17.6. The third-order valence-corrected chi connectivity index (χ3v) is 11.5. The van der Waals surface area contributed by atoms with E-state index >= 15 is 0 Å². The molecule has 6 heteroatoms. The van der Waals surface area contributed by atoms with Crippen molar-refractivity contribution in [3.8, 4) is 39.4 Å². The van der Waals surface area contributed by atoms with Gasteiger partial charge in [0.2, 0.25) is 0 Å². The lowest BCUT2D eigenvalue weighted by Crippen LogP contribution is -2.17. The van der Waals surface area contributed by atoms with E-state index in [1.165, 1.54) is 0 Å². The number of anilines is 3. The summed E-state index contributed by atoms with van der Waals surface area (Å²) in [7, 11) is 0. The highest BCUT2D eigenvalue weighted by Gasteiger charge is 2.29. The van der Waals surface area contributed by atoms with Gasteiger partial charge in [0.05, 0.1) is 11.4 Å². The van der Waals surface area contributed by atoms with E-state index in [4.69, 9.17) is 18.8 Å². The number of phenolic OH excluding ortho intramolecular Hbond substituents is 1. The van der Waals surface area contributed by atoms with Crippen molar-refractivity contribution in [1.29, 1.82) is 0 Å². The molecule has 4 aromatic heterocycles. The van der Waals surface area contributed by atoms with Gasteiger partial charge in [-0.3, -0.25) is 4.90 Å². The highest BCUT2D eigenvalue weighted by Crippen LogP contribution is 2.49. The number of phenols is 1. The molecular weight excluding hydrogens is 739 g/mol. The SMILES string of the molecule is CC(C)(C)c1cc(-c2nc(-c3cc(N(c4ccccn4)c4ccccc4-c4ccccc4)cc4c3oc3ccccc34)cc3c2oc2ccccc23)c(O)c(C(C)(C)C)c1. The average molecular weight is 784 g/mol. The van der Waals surface area contributed by atoms with Crippen molar-refractivity contribution >= 4 is 61.1 Å². The number of benzene rings is 6. The van der Waals surface area contributed by atoms with Crippen LogP contribution in [-0.4, -0.2) is 15.1 Å². The maximum absolute atomic E-state index is 12.3. The highest BCUT2D eigenvalue weighted by atomic mass is 16.3. The number of rotatable bonds is 6. The first-order valence-corrected chi connectivity index (χ1v) is 20.5. The van der Waals surface area contributed by atoms with Crippen molar-refractivity contribution in [2.24, 2.45) is 0 Å². The normalized spacial score (nSPS) is 12.2. The van der Waals surface area contributed by atoms with Crippen LogP contribution < -0.4 is 4.90 Å². The molecule has 60 heavy (non-hydrogen) atoms. The van der Waals surface area contributed by atoms with E-state index in [1.54, 1.807) is 0 Å². The second-order valence-corrected chi connectivity index (χ2v) is 17.6. The van der Waals surface area contributed by atoms with Crippen molar-refractivity contribution in [3.63, 3.8) is 0 Å². The molecule has 4 heterocycles. The molecule has 0 saturated carbocycles. The Morgan fingerprint density at radius 1 is 0.533 bits per heavy atom. The van der Waals surface area contributed by atoms with Crippen molar-refractivity contribution in [2.45, 2.75) is 52.4 Å². The van der Waals surface area contributed by atoms with Gasteiger partial charge in [0.25, 0.3) is 0 Å². The molecule has 0 fully saturated rings. The zero-order chi connectivity index (χ0) is 41.3. The Hall–Kier alpha value is -7.18. The zero-order valence-corrected chi connectivity index (χ0v) is 34.6. The quantitative estimate of drug-likeness (QED) is 0.181. The predicted octanol–water partition coefficient (Wildman–Crippen LogP) is 15.0. The number of furan rings is 2. The summed E-state index contributed by atoms with van der Waals surface area (Å²) in [4.78, 5) is 12.7. The van der Waals surface area contributed by atoms with Gasteiger partial charge in [-0.15, -0.1) is 0 Å². The number of aromatic hydroxyl groups is 1. The summed E-state index contributed by atoms with van der Waals surface area (Å²) < 4.78 is 13.5. The van der Waals surface area contributed by atoms with Gasteiger partial charge in [-0.1, -0.05) is 139 Å². The molecular formula is C54H45N3O3. The molecule has 1 N–H and O–H groups in total. The van der Waals surface area contributed by atoms with E-state index in [0.29, 0.717) is 28.1 Å². The Morgan fingerprint density at radius 2 is 1.17 bits per heavy atom. The first-order valence-electron chi connectivity index (χ1n) is 20.5. The van der Waals surface area contributed by atoms with Gasteiger partial charge in [-0.25, -0.2) is 9.97 Å². The summed E-state index contributed by atoms with van der Waals surface area (Å²) in [6.07, 6.45) is 1.83. The van der Waals surface area contributed by atoms with Gasteiger partial charge in [-0.2, -0.15) is 0 Å². The minimum absolute atomic E-state index is 0.198. The summed E-state index contributed by atoms with van der Waals surface area (Å²) in [6, 6.07) is 51.8. The Bertz CT molecular complexity index is 3240. The average Bonchev–Trinajstić information content (AvgIpc) is 3.82. The number of pyridine rings is 2. The van der Waals surface area contributed by atoms with E-state index in [0.717, 1.165) is 77.7 Å². The number of fused-ring (bicyclic) bond motifs is 6. The number of hydrogen-bond acceptors (Lipinski definition) is 6. The molecule has 0 amide bonds. The topological polar surface area (TPSA) is 75.5 Å². The lowest BCUT2D eigenvalue weighted by molar-refractivity contribution is 0.446. The van der Waals surface area contributed by atoms with E-state index in [-0.39, 0.29) is 16.6 Å². The van der Waals surface area contributed by atoms with Gasteiger partial charge in [-0.05, 0) is 76.6 Å². The van der Waals surface area contributed by atoms with Crippen LogP contribution in [-0.2, 0) is 10.8 Å². The minimum atomic E-state index is -0.343. The number of nitrogens with zero attached hydrogens (tertiary/aromatic N) is 3. The summed E-state index contributed by atoms with van der Waals surface area (Å²) >= 11 is 0. The summed E-state index contributed by atoms with van der Waals surface area (Å²) in [6.45, 7) is 13.0. The summed E-state index contributed by atoms with van der Waals surface area (Å²) in [5.74, 6) is 0.964. The van der Waals surface area contributed by atoms with Crippen molar-refractivity contribution in [3.05, 3.63) is 169 Å². The Balaban J connectivity index is 1.32. The standard InChI is InChI=1S/C54H45N3O3/c1-53(2,3)34-28-42(50(58)43(29-34)54(4,5)6)49-52-40(38-22-12-15-25-47(38)60-52)32-44(56-49)41-31-35(30-39-37-21-11-14-24-46(37)59-51(39)41)57(48-26-16-17-27-55-48)45-23-13-10-20-36(45)33-18-8-7-9-19-33/h7-32,58H,1-6H3. The van der Waals surface area contributed by atoms with Crippen LogP contribution >= 0.6 is 0 Å². The van der Waals surface area contributed by atoms with Crippen LogP contribution in [0.1, 0.15) is 52.7 Å². The van der Waals surface area contributed by atoms with Gasteiger partial charge < -0.3 is 13.9 Å². The first-order chi connectivity index (χ1) is 28.9. The van der Waals surface area contributed by atoms with Crippen molar-refractivity contribution in [2.75, 3.05) is 4.90 Å². The molecule has 0 aliphatic rings. The molecule has 10 rings (SSSR count). The fraction of sp³-hybridized carbons (Fsp3) is 0.148. The fourth-order valence-corrected chi connectivity index (χ4v) is 8.41. The molecule has 0 radical (unpaired) electrons. The third-order valence-electron chi connectivity index (χ3n) is 11.5. The lowest BCUT2D eigenvalue weighted by atomic mass is 9.78. The van der Waals surface area contributed by atoms with Crippen LogP contribution in [0.4, 0.5) is 17.2 Å². The van der Waals surface area contributed by atoms with Gasteiger partial charge in [0.15, 0.2) is 5.58 Å². The van der Waals surface area contributed by atoms with Crippen LogP contribution in [0.25, 0.3) is 77.5 Å². The monoisotopic (exact) mass is 783 g/mol. The minimum Gasteiger partial charge on any atom is -0.507 e. The van der Waals surface area contributed by atoms with E-state index in [9.17, 15) is 5.11 Å². The van der Waals surface area contributed by atoms with E-state index in [2.05, 4.69) is 137 Å². The lowest BCUT2D eigenvalue weighted by Gasteiger charge is -2.28. The Morgan fingerprint density at radius 3 is 1.85 bits per heavy atom. The van der Waals surface area contributed by atoms with Gasteiger partial charge >= 0.3 is 0 Å². The van der Waals surface area contributed by atoms with E-state index < -0.39 is 0 Å². The number of hydrogen-bond donors (Lipinski definition) is 1. The molecule has 294 valence electrons. The van der Waals surface area contributed by atoms with Gasteiger partial charge in [0.1, 0.15) is 34.0 Å². The summed E-state index contributed by atoms with van der Waals surface area (Å²) in [5, 5.41) is 16.1. The van der Waals surface area contributed by atoms with Crippen molar-refractivity contribution in [1.82, 2.24) is 9.97 Å². The molecule has 6 aromatic carbocycles. The molecule has 0 aliphatic heterocycles. The van der Waals surface area contributed by atoms with Crippen LogP contribution in [0.2, 0.25) is 0 Å². The zero-order valence-electron chi connectivity index (χ0n) is 34.6. The molecule has 0 unspecified atom stereocenters. The van der Waals surface area contributed by atoms with E-state index in [1.807, 2.05) is 66.9 Å². The second kappa shape index (κ2) is 14.0. The third kappa shape index (κ3) is 6.27. The molecule has 0 spiro atoms. The predicted molar refractivity (Wildman–Crippen MR) is 247 cm³/mol. The van der Waals surface area contributed by atoms with Crippen LogP contribution in [0, 0.1) is 0 Å². The maximum atomic E-state index is 12.3. The van der Waals surface area contributed by atoms with Crippen LogP contribution in [0.3, 0.4) is 0 Å².